The number of ether oxygens (including phenoxy) is 1. The molecule has 0 radical (unpaired) electrons. The molecule has 2 N–H and O–H groups in total. The van der Waals surface area contributed by atoms with E-state index in [0.717, 1.165) is 18.5 Å². The summed E-state index contributed by atoms with van der Waals surface area (Å²) in [6.07, 6.45) is 4.92. The molecule has 4 atom stereocenters. The van der Waals surface area contributed by atoms with Crippen molar-refractivity contribution in [2.45, 2.75) is 50.7 Å². The average Bonchev–Trinajstić information content (AvgIpc) is 3.13. The van der Waals surface area contributed by atoms with E-state index in [4.69, 9.17) is 4.74 Å². The van der Waals surface area contributed by atoms with Crippen molar-refractivity contribution in [2.24, 2.45) is 5.92 Å². The van der Waals surface area contributed by atoms with Crippen LogP contribution in [0, 0.1) is 11.7 Å². The molecule has 0 aromatic carbocycles. The number of aliphatic hydroxyl groups is 1. The molecule has 1 saturated carbocycles. The molecule has 2 fully saturated rings. The van der Waals surface area contributed by atoms with Crippen molar-refractivity contribution < 1.29 is 14.2 Å². The van der Waals surface area contributed by atoms with Gasteiger partial charge in [-0.1, -0.05) is 13.3 Å². The fourth-order valence-electron chi connectivity index (χ4n) is 3.87. The number of hydrogen-bond donors (Lipinski definition) is 2. The van der Waals surface area contributed by atoms with Crippen LogP contribution in [0.15, 0.2) is 12.3 Å². The molecule has 1 aliphatic heterocycles. The van der Waals surface area contributed by atoms with Crippen LogP contribution in [0.1, 0.15) is 44.2 Å². The Morgan fingerprint density at radius 3 is 3.00 bits per heavy atom. The third-order valence-corrected chi connectivity index (χ3v) is 5.25. The molecule has 4 rings (SSSR count). The molecule has 24 heavy (non-hydrogen) atoms. The van der Waals surface area contributed by atoms with Gasteiger partial charge >= 0.3 is 0 Å². The minimum Gasteiger partial charge on any atom is -0.389 e. The van der Waals surface area contributed by atoms with Gasteiger partial charge in [-0.25, -0.2) is 13.9 Å². The van der Waals surface area contributed by atoms with Gasteiger partial charge in [-0.2, -0.15) is 0 Å². The summed E-state index contributed by atoms with van der Waals surface area (Å²) in [5.41, 5.74) is 1.33. The molecular weight excluding hydrogens is 311 g/mol. The third-order valence-electron chi connectivity index (χ3n) is 5.25. The Hall–Kier alpha value is -1.73. The third kappa shape index (κ3) is 2.86. The van der Waals surface area contributed by atoms with Crippen LogP contribution in [-0.4, -0.2) is 45.1 Å². The highest BCUT2D eigenvalue weighted by atomic mass is 19.1. The lowest BCUT2D eigenvalue weighted by Gasteiger charge is -2.28. The summed E-state index contributed by atoms with van der Waals surface area (Å²) < 4.78 is 21.1. The molecule has 0 unspecified atom stereocenters. The summed E-state index contributed by atoms with van der Waals surface area (Å²) in [5, 5.41) is 17.7. The molecule has 6 nitrogen and oxygen atoms in total. The van der Waals surface area contributed by atoms with E-state index in [1.807, 2.05) is 0 Å². The first-order valence-electron chi connectivity index (χ1n) is 8.68. The number of hydrogen-bond acceptors (Lipinski definition) is 5. The minimum atomic E-state index is -0.588. The van der Waals surface area contributed by atoms with Crippen LogP contribution in [0.2, 0.25) is 0 Å². The van der Waals surface area contributed by atoms with E-state index in [1.54, 1.807) is 10.6 Å². The number of fused-ring (bicyclic) bond motifs is 1. The van der Waals surface area contributed by atoms with Crippen LogP contribution in [0.25, 0.3) is 5.52 Å². The first-order valence-corrected chi connectivity index (χ1v) is 8.68. The van der Waals surface area contributed by atoms with Gasteiger partial charge in [0.1, 0.15) is 5.52 Å². The normalized spacial score (nSPS) is 30.8. The molecule has 3 heterocycles. The second-order valence-corrected chi connectivity index (χ2v) is 7.09. The highest BCUT2D eigenvalue weighted by Crippen LogP contribution is 2.38. The number of nitrogens with zero attached hydrogens (tertiary/aromatic N) is 3. The van der Waals surface area contributed by atoms with E-state index in [-0.39, 0.29) is 11.9 Å². The average molecular weight is 334 g/mol. The molecule has 2 aliphatic rings. The Morgan fingerprint density at radius 2 is 2.25 bits per heavy atom. The first-order chi connectivity index (χ1) is 11.6. The van der Waals surface area contributed by atoms with Crippen molar-refractivity contribution in [3.8, 4) is 0 Å². The van der Waals surface area contributed by atoms with Crippen LogP contribution in [0.3, 0.4) is 0 Å². The monoisotopic (exact) mass is 334 g/mol. The standard InChI is InChI=1S/C17H23FN4O2/c1-10-2-3-11(6-10)14-7-12(18)15-8-19-17(21-22(14)15)20-13-4-5-24-9-16(13)23/h7-8,10-11,13,16,23H,2-6,9H2,1H3,(H,20,21)/t10-,11-,13+,16+/m0/s1. The van der Waals surface area contributed by atoms with E-state index in [9.17, 15) is 9.50 Å². The van der Waals surface area contributed by atoms with Gasteiger partial charge in [0.15, 0.2) is 5.82 Å². The highest BCUT2D eigenvalue weighted by molar-refractivity contribution is 5.50. The van der Waals surface area contributed by atoms with Gasteiger partial charge in [0.05, 0.1) is 24.9 Å². The largest absolute Gasteiger partial charge is 0.389 e. The Labute approximate surface area is 140 Å². The SMILES string of the molecule is C[C@H]1CC[C@H](c2cc(F)c3cnc(N[C@@H]4CCOC[C@H]4O)nn23)C1. The number of anilines is 1. The van der Waals surface area contributed by atoms with Gasteiger partial charge in [0, 0.05) is 18.2 Å². The number of aliphatic hydroxyl groups excluding tert-OH is 1. The second kappa shape index (κ2) is 6.29. The van der Waals surface area contributed by atoms with Crippen molar-refractivity contribution >= 4 is 11.5 Å². The lowest BCUT2D eigenvalue weighted by molar-refractivity contribution is -0.0136. The van der Waals surface area contributed by atoms with Crippen molar-refractivity contribution in [3.05, 3.63) is 23.8 Å². The Balaban J connectivity index is 1.64. The molecule has 7 heteroatoms. The number of nitrogens with one attached hydrogen (secondary N) is 1. The summed E-state index contributed by atoms with van der Waals surface area (Å²) in [6.45, 7) is 3.14. The maximum absolute atomic E-state index is 14.2. The zero-order chi connectivity index (χ0) is 16.7. The molecule has 0 amide bonds. The number of aromatic nitrogens is 3. The first kappa shape index (κ1) is 15.8. The molecule has 2 aromatic rings. The van der Waals surface area contributed by atoms with E-state index in [0.29, 0.717) is 42.9 Å². The van der Waals surface area contributed by atoms with Gasteiger partial charge in [-0.15, -0.1) is 5.10 Å². The summed E-state index contributed by atoms with van der Waals surface area (Å²) in [6, 6.07) is 1.45. The second-order valence-electron chi connectivity index (χ2n) is 7.09. The Kier molecular flexibility index (Phi) is 4.14. The quantitative estimate of drug-likeness (QED) is 0.901. The lowest BCUT2D eigenvalue weighted by Crippen LogP contribution is -2.42. The van der Waals surface area contributed by atoms with E-state index >= 15 is 0 Å². The summed E-state index contributed by atoms with van der Waals surface area (Å²) in [7, 11) is 0. The fraction of sp³-hybridized carbons (Fsp3) is 0.647. The van der Waals surface area contributed by atoms with E-state index < -0.39 is 6.10 Å². The van der Waals surface area contributed by atoms with Crippen LogP contribution in [-0.2, 0) is 4.74 Å². The topological polar surface area (TPSA) is 71.7 Å². The molecule has 2 aromatic heterocycles. The number of halogens is 1. The zero-order valence-corrected chi connectivity index (χ0v) is 13.8. The van der Waals surface area contributed by atoms with Gasteiger partial charge in [0.25, 0.3) is 0 Å². The predicted molar refractivity (Wildman–Crippen MR) is 87.6 cm³/mol. The Bertz CT molecular complexity index is 735. The van der Waals surface area contributed by atoms with Gasteiger partial charge < -0.3 is 15.2 Å². The van der Waals surface area contributed by atoms with Crippen LogP contribution < -0.4 is 5.32 Å². The molecule has 0 bridgehead atoms. The van der Waals surface area contributed by atoms with Crippen LogP contribution in [0.5, 0.6) is 0 Å². The fourth-order valence-corrected chi connectivity index (χ4v) is 3.87. The Morgan fingerprint density at radius 1 is 1.38 bits per heavy atom. The molecule has 1 aliphatic carbocycles. The van der Waals surface area contributed by atoms with Crippen LogP contribution in [0.4, 0.5) is 10.3 Å². The van der Waals surface area contributed by atoms with Gasteiger partial charge in [-0.3, -0.25) is 0 Å². The van der Waals surface area contributed by atoms with Crippen molar-refractivity contribution in [2.75, 3.05) is 18.5 Å². The molecule has 1 saturated heterocycles. The maximum atomic E-state index is 14.2. The zero-order valence-electron chi connectivity index (χ0n) is 13.8. The smallest absolute Gasteiger partial charge is 0.241 e. The van der Waals surface area contributed by atoms with Crippen molar-refractivity contribution in [3.63, 3.8) is 0 Å². The van der Waals surface area contributed by atoms with Crippen LogP contribution >= 0.6 is 0 Å². The minimum absolute atomic E-state index is 0.147. The van der Waals surface area contributed by atoms with Gasteiger partial charge in [0.2, 0.25) is 5.95 Å². The van der Waals surface area contributed by atoms with Crippen molar-refractivity contribution in [1.29, 1.82) is 0 Å². The lowest BCUT2D eigenvalue weighted by atomic mass is 10.0. The maximum Gasteiger partial charge on any atom is 0.241 e. The number of rotatable bonds is 3. The molecule has 0 spiro atoms. The summed E-state index contributed by atoms with van der Waals surface area (Å²) in [4.78, 5) is 4.22. The van der Waals surface area contributed by atoms with Gasteiger partial charge in [-0.05, 0) is 31.2 Å². The molecule has 130 valence electrons. The summed E-state index contributed by atoms with van der Waals surface area (Å²) >= 11 is 0. The highest BCUT2D eigenvalue weighted by Gasteiger charge is 2.28. The van der Waals surface area contributed by atoms with Crippen molar-refractivity contribution in [1.82, 2.24) is 14.6 Å². The van der Waals surface area contributed by atoms with E-state index in [1.165, 1.54) is 12.6 Å². The molecular formula is C17H23FN4O2. The predicted octanol–water partition coefficient (Wildman–Crippen LogP) is 2.33. The summed E-state index contributed by atoms with van der Waals surface area (Å²) in [5.74, 6) is 1.15. The van der Waals surface area contributed by atoms with E-state index in [2.05, 4.69) is 22.3 Å².